The molecule has 22 heavy (non-hydrogen) atoms. The molecule has 6 nitrogen and oxygen atoms in total. The van der Waals surface area contributed by atoms with Gasteiger partial charge in [-0.15, -0.1) is 23.7 Å². The molecule has 0 radical (unpaired) electrons. The van der Waals surface area contributed by atoms with Gasteiger partial charge in [0.2, 0.25) is 0 Å². The van der Waals surface area contributed by atoms with E-state index in [-0.39, 0.29) is 18.3 Å². The molecule has 120 valence electrons. The zero-order valence-electron chi connectivity index (χ0n) is 12.6. The second kappa shape index (κ2) is 7.21. The smallest absolute Gasteiger partial charge is 0.272 e. The van der Waals surface area contributed by atoms with Crippen LogP contribution in [0.4, 0.5) is 0 Å². The number of rotatable bonds is 4. The van der Waals surface area contributed by atoms with E-state index in [1.807, 2.05) is 5.38 Å². The monoisotopic (exact) mass is 341 g/mol. The zero-order valence-corrected chi connectivity index (χ0v) is 14.2. The SMILES string of the molecule is CC(C)c1csc(CNC(=O)c2n[nH]c3c2CNCC3)n1.Cl. The molecule has 0 bridgehead atoms. The number of halogens is 1. The number of hydrogen-bond acceptors (Lipinski definition) is 5. The van der Waals surface area contributed by atoms with Crippen molar-refractivity contribution < 1.29 is 4.79 Å². The number of carbonyl (C=O) groups excluding carboxylic acids is 1. The lowest BCUT2D eigenvalue weighted by Crippen LogP contribution is -2.28. The Labute approximate surface area is 139 Å². The van der Waals surface area contributed by atoms with Crippen LogP contribution in [0.25, 0.3) is 0 Å². The summed E-state index contributed by atoms with van der Waals surface area (Å²) in [6, 6.07) is 0. The highest BCUT2D eigenvalue weighted by atomic mass is 35.5. The van der Waals surface area contributed by atoms with Crippen LogP contribution < -0.4 is 10.6 Å². The van der Waals surface area contributed by atoms with E-state index in [9.17, 15) is 4.79 Å². The highest BCUT2D eigenvalue weighted by molar-refractivity contribution is 7.09. The number of aromatic nitrogens is 3. The predicted octanol–water partition coefficient (Wildman–Crippen LogP) is 1.99. The first-order valence-corrected chi connectivity index (χ1v) is 8.02. The van der Waals surface area contributed by atoms with Crippen LogP contribution in [-0.4, -0.2) is 27.6 Å². The maximum Gasteiger partial charge on any atom is 0.272 e. The molecule has 3 N–H and O–H groups in total. The summed E-state index contributed by atoms with van der Waals surface area (Å²) in [5.41, 5.74) is 3.62. The van der Waals surface area contributed by atoms with Gasteiger partial charge in [-0.1, -0.05) is 13.8 Å². The number of fused-ring (bicyclic) bond motifs is 1. The summed E-state index contributed by atoms with van der Waals surface area (Å²) in [5, 5.41) is 16.2. The number of aromatic amines is 1. The molecule has 8 heteroatoms. The first kappa shape index (κ1) is 16.9. The highest BCUT2D eigenvalue weighted by Gasteiger charge is 2.21. The van der Waals surface area contributed by atoms with E-state index in [2.05, 4.69) is 39.7 Å². The minimum Gasteiger partial charge on any atom is -0.344 e. The Morgan fingerprint density at radius 3 is 3.05 bits per heavy atom. The van der Waals surface area contributed by atoms with Gasteiger partial charge in [0.05, 0.1) is 12.2 Å². The number of nitrogens with one attached hydrogen (secondary N) is 3. The van der Waals surface area contributed by atoms with Gasteiger partial charge in [-0.25, -0.2) is 4.98 Å². The number of nitrogens with zero attached hydrogens (tertiary/aromatic N) is 2. The largest absolute Gasteiger partial charge is 0.344 e. The molecule has 0 saturated carbocycles. The van der Waals surface area contributed by atoms with Crippen LogP contribution in [0.3, 0.4) is 0 Å². The Morgan fingerprint density at radius 2 is 2.32 bits per heavy atom. The minimum atomic E-state index is -0.141. The molecule has 0 atom stereocenters. The van der Waals surface area contributed by atoms with E-state index in [0.29, 0.717) is 24.7 Å². The van der Waals surface area contributed by atoms with Gasteiger partial charge in [0.1, 0.15) is 5.01 Å². The van der Waals surface area contributed by atoms with Crippen molar-refractivity contribution >= 4 is 29.7 Å². The van der Waals surface area contributed by atoms with Gasteiger partial charge in [0.25, 0.3) is 5.91 Å². The fraction of sp³-hybridized carbons (Fsp3) is 0.500. The van der Waals surface area contributed by atoms with Gasteiger partial charge in [0.15, 0.2) is 5.69 Å². The number of hydrogen-bond donors (Lipinski definition) is 3. The van der Waals surface area contributed by atoms with Crippen molar-refractivity contribution in [2.45, 2.75) is 39.3 Å². The van der Waals surface area contributed by atoms with E-state index >= 15 is 0 Å². The Kier molecular flexibility index (Phi) is 5.55. The predicted molar refractivity (Wildman–Crippen MR) is 88.6 cm³/mol. The molecule has 0 spiro atoms. The summed E-state index contributed by atoms with van der Waals surface area (Å²) in [7, 11) is 0. The number of H-pyrrole nitrogens is 1. The summed E-state index contributed by atoms with van der Waals surface area (Å²) in [5.74, 6) is 0.271. The zero-order chi connectivity index (χ0) is 14.8. The van der Waals surface area contributed by atoms with Crippen molar-refractivity contribution in [1.29, 1.82) is 0 Å². The minimum absolute atomic E-state index is 0. The molecule has 0 aliphatic carbocycles. The topological polar surface area (TPSA) is 82.7 Å². The third kappa shape index (κ3) is 3.48. The van der Waals surface area contributed by atoms with Crippen molar-refractivity contribution in [3.05, 3.63) is 33.0 Å². The molecule has 0 saturated heterocycles. The molecule has 1 amide bonds. The van der Waals surface area contributed by atoms with Gasteiger partial charge in [-0.3, -0.25) is 9.89 Å². The average molecular weight is 342 g/mol. The molecule has 2 aromatic rings. The van der Waals surface area contributed by atoms with E-state index < -0.39 is 0 Å². The molecule has 0 unspecified atom stereocenters. The lowest BCUT2D eigenvalue weighted by molar-refractivity contribution is 0.0944. The lowest BCUT2D eigenvalue weighted by Gasteiger charge is -2.12. The van der Waals surface area contributed by atoms with Crippen LogP contribution in [-0.2, 0) is 19.5 Å². The van der Waals surface area contributed by atoms with E-state index in [4.69, 9.17) is 0 Å². The van der Waals surface area contributed by atoms with Crippen molar-refractivity contribution in [3.63, 3.8) is 0 Å². The van der Waals surface area contributed by atoms with Gasteiger partial charge < -0.3 is 10.6 Å². The summed E-state index contributed by atoms with van der Waals surface area (Å²) in [4.78, 5) is 16.8. The number of carbonyl (C=O) groups is 1. The standard InChI is InChI=1S/C14H19N5OS.ClH/c1-8(2)11-7-21-12(17-11)6-16-14(20)13-9-5-15-4-3-10(9)18-19-13;/h7-8,15H,3-6H2,1-2H3,(H,16,20)(H,18,19);1H. The molecule has 0 fully saturated rings. The molecule has 0 aromatic carbocycles. The summed E-state index contributed by atoms with van der Waals surface area (Å²) < 4.78 is 0. The summed E-state index contributed by atoms with van der Waals surface area (Å²) in [6.45, 7) is 6.29. The Morgan fingerprint density at radius 1 is 1.50 bits per heavy atom. The van der Waals surface area contributed by atoms with Gasteiger partial charge in [-0.05, 0) is 5.92 Å². The Hall–Kier alpha value is -1.44. The van der Waals surface area contributed by atoms with Gasteiger partial charge in [-0.2, -0.15) is 5.10 Å². The maximum absolute atomic E-state index is 12.2. The van der Waals surface area contributed by atoms with Crippen molar-refractivity contribution in [2.75, 3.05) is 6.54 Å². The van der Waals surface area contributed by atoms with Crippen LogP contribution in [0.1, 0.15) is 52.2 Å². The lowest BCUT2D eigenvalue weighted by atomic mass is 10.1. The molecule has 1 aliphatic rings. The first-order chi connectivity index (χ1) is 10.1. The number of thiazole rings is 1. The van der Waals surface area contributed by atoms with Crippen LogP contribution >= 0.6 is 23.7 Å². The fourth-order valence-corrected chi connectivity index (χ4v) is 3.22. The molecule has 1 aliphatic heterocycles. The highest BCUT2D eigenvalue weighted by Crippen LogP contribution is 2.18. The van der Waals surface area contributed by atoms with Crippen LogP contribution in [0, 0.1) is 0 Å². The second-order valence-corrected chi connectivity index (χ2v) is 6.40. The van der Waals surface area contributed by atoms with Gasteiger partial charge in [0, 0.05) is 36.1 Å². The maximum atomic E-state index is 12.2. The Bertz CT molecular complexity index is 651. The van der Waals surface area contributed by atoms with E-state index in [1.54, 1.807) is 11.3 Å². The van der Waals surface area contributed by atoms with E-state index in [0.717, 1.165) is 34.9 Å². The number of amides is 1. The van der Waals surface area contributed by atoms with Crippen molar-refractivity contribution in [1.82, 2.24) is 25.8 Å². The molecule has 3 heterocycles. The molecule has 2 aromatic heterocycles. The van der Waals surface area contributed by atoms with Crippen molar-refractivity contribution in [3.8, 4) is 0 Å². The van der Waals surface area contributed by atoms with Gasteiger partial charge >= 0.3 is 0 Å². The summed E-state index contributed by atoms with van der Waals surface area (Å²) >= 11 is 1.58. The summed E-state index contributed by atoms with van der Waals surface area (Å²) in [6.07, 6.45) is 0.889. The molecular weight excluding hydrogens is 322 g/mol. The van der Waals surface area contributed by atoms with Crippen molar-refractivity contribution in [2.24, 2.45) is 0 Å². The first-order valence-electron chi connectivity index (χ1n) is 7.14. The Balaban J connectivity index is 0.00000176. The van der Waals surface area contributed by atoms with Crippen LogP contribution in [0.2, 0.25) is 0 Å². The average Bonchev–Trinajstić information content (AvgIpc) is 3.11. The van der Waals surface area contributed by atoms with Crippen LogP contribution in [0.5, 0.6) is 0 Å². The second-order valence-electron chi connectivity index (χ2n) is 5.46. The molecular formula is C14H20ClN5OS. The normalized spacial score (nSPS) is 13.6. The van der Waals surface area contributed by atoms with Crippen LogP contribution in [0.15, 0.2) is 5.38 Å². The molecule has 3 rings (SSSR count). The third-order valence-electron chi connectivity index (χ3n) is 3.58. The quantitative estimate of drug-likeness (QED) is 0.794. The fourth-order valence-electron chi connectivity index (χ4n) is 2.32. The third-order valence-corrected chi connectivity index (χ3v) is 4.45. The van der Waals surface area contributed by atoms with E-state index in [1.165, 1.54) is 0 Å².